The van der Waals surface area contributed by atoms with Crippen molar-refractivity contribution >= 4 is 11.9 Å². The van der Waals surface area contributed by atoms with Crippen molar-refractivity contribution in [3.05, 3.63) is 12.2 Å². The molecule has 2 unspecified atom stereocenters. The number of aliphatic hydroxyl groups is 1. The Bertz CT molecular complexity index is 489. The molecule has 1 amide bonds. The van der Waals surface area contributed by atoms with E-state index >= 15 is 0 Å². The van der Waals surface area contributed by atoms with Gasteiger partial charge in [-0.15, -0.1) is 5.92 Å². The smallest absolute Gasteiger partial charge is 0.305 e. The van der Waals surface area contributed by atoms with E-state index in [1.165, 1.54) is 7.11 Å². The zero-order valence-electron chi connectivity index (χ0n) is 14.8. The Morgan fingerprint density at radius 1 is 1.42 bits per heavy atom. The monoisotopic (exact) mass is 335 g/mol. The molecular weight excluding hydrogens is 306 g/mol. The Balaban J connectivity index is 2.32. The maximum Gasteiger partial charge on any atom is 0.305 e. The van der Waals surface area contributed by atoms with E-state index in [2.05, 4.69) is 16.6 Å². The number of carbonyl (C=O) groups excluding carboxylic acids is 2. The minimum atomic E-state index is -0.763. The molecule has 1 fully saturated rings. The van der Waals surface area contributed by atoms with Crippen LogP contribution in [0.5, 0.6) is 0 Å². The molecule has 1 rings (SSSR count). The lowest BCUT2D eigenvalue weighted by Gasteiger charge is -2.22. The Hall–Kier alpha value is -1.80. The standard InChI is InChI=1S/C19H29NO4/c1-3-4-9-17(21)13-11-16-12-14-18(22)20(16)15-8-6-5-7-10-19(23)24-2/h11,13,16-17,21H,3,5-8,10,12,14-15H2,1-2H3/b13-11+. The van der Waals surface area contributed by atoms with Gasteiger partial charge in [0.15, 0.2) is 0 Å². The molecule has 2 atom stereocenters. The van der Waals surface area contributed by atoms with Gasteiger partial charge >= 0.3 is 5.97 Å². The Labute approximate surface area is 145 Å². The first-order chi connectivity index (χ1) is 11.6. The first-order valence-electron chi connectivity index (χ1n) is 8.79. The van der Waals surface area contributed by atoms with Gasteiger partial charge in [0, 0.05) is 25.8 Å². The minimum absolute atomic E-state index is 0.0608. The van der Waals surface area contributed by atoms with Crippen LogP contribution in [0.1, 0.15) is 58.3 Å². The number of likely N-dealkylation sites (tertiary alicyclic amines) is 1. The number of amides is 1. The predicted molar refractivity (Wildman–Crippen MR) is 93.0 cm³/mol. The molecule has 0 aromatic rings. The Morgan fingerprint density at radius 2 is 2.17 bits per heavy atom. The molecule has 1 heterocycles. The van der Waals surface area contributed by atoms with E-state index < -0.39 is 6.10 Å². The zero-order chi connectivity index (χ0) is 17.8. The average molecular weight is 335 g/mol. The van der Waals surface area contributed by atoms with Crippen molar-refractivity contribution in [2.75, 3.05) is 13.7 Å². The molecule has 0 aliphatic carbocycles. The molecule has 5 nitrogen and oxygen atoms in total. The highest BCUT2D eigenvalue weighted by Crippen LogP contribution is 2.21. The molecule has 1 aliphatic rings. The third kappa shape index (κ3) is 7.65. The van der Waals surface area contributed by atoms with E-state index in [4.69, 9.17) is 0 Å². The summed E-state index contributed by atoms with van der Waals surface area (Å²) in [6.45, 7) is 2.66. The van der Waals surface area contributed by atoms with Gasteiger partial charge in [-0.3, -0.25) is 9.59 Å². The second-order valence-corrected chi connectivity index (χ2v) is 5.94. The van der Waals surface area contributed by atoms with Crippen molar-refractivity contribution in [3.8, 4) is 11.8 Å². The highest BCUT2D eigenvalue weighted by Gasteiger charge is 2.28. The number of aliphatic hydroxyl groups excluding tert-OH is 1. The maximum absolute atomic E-state index is 12.0. The molecule has 1 saturated heterocycles. The van der Waals surface area contributed by atoms with Gasteiger partial charge in [-0.2, -0.15) is 0 Å². The number of carbonyl (C=O) groups is 2. The summed E-state index contributed by atoms with van der Waals surface area (Å²) >= 11 is 0. The fraction of sp³-hybridized carbons (Fsp3) is 0.684. The molecule has 0 saturated carbocycles. The predicted octanol–water partition coefficient (Wildman–Crippen LogP) is 2.43. The van der Waals surface area contributed by atoms with Crippen LogP contribution in [0.2, 0.25) is 0 Å². The van der Waals surface area contributed by atoms with Crippen LogP contribution in [-0.2, 0) is 14.3 Å². The number of ether oxygens (including phenoxy) is 1. The number of nitrogens with zero attached hydrogens (tertiary/aromatic N) is 1. The Morgan fingerprint density at radius 3 is 2.88 bits per heavy atom. The normalized spacial score (nSPS) is 18.5. The number of esters is 1. The van der Waals surface area contributed by atoms with Gasteiger partial charge in [0.2, 0.25) is 5.91 Å². The summed E-state index contributed by atoms with van der Waals surface area (Å²) in [5.74, 6) is 5.59. The van der Waals surface area contributed by atoms with E-state index in [1.807, 2.05) is 17.9 Å². The van der Waals surface area contributed by atoms with Crippen molar-refractivity contribution < 1.29 is 19.4 Å². The van der Waals surface area contributed by atoms with Gasteiger partial charge in [-0.05, 0) is 25.3 Å². The Kier molecular flexibility index (Phi) is 9.86. The number of methoxy groups -OCH3 is 1. The third-order valence-corrected chi connectivity index (χ3v) is 4.07. The van der Waals surface area contributed by atoms with Crippen LogP contribution >= 0.6 is 0 Å². The molecule has 24 heavy (non-hydrogen) atoms. The molecule has 0 spiro atoms. The molecule has 1 aliphatic heterocycles. The van der Waals surface area contributed by atoms with Gasteiger partial charge < -0.3 is 14.7 Å². The van der Waals surface area contributed by atoms with Gasteiger partial charge in [0.1, 0.15) is 6.10 Å². The fourth-order valence-corrected chi connectivity index (χ4v) is 2.74. The van der Waals surface area contributed by atoms with Crippen LogP contribution < -0.4 is 0 Å². The quantitative estimate of drug-likeness (QED) is 0.304. The number of unbranched alkanes of at least 4 members (excludes halogenated alkanes) is 3. The van der Waals surface area contributed by atoms with E-state index in [9.17, 15) is 14.7 Å². The maximum atomic E-state index is 12.0. The van der Waals surface area contributed by atoms with Crippen LogP contribution in [0, 0.1) is 11.8 Å². The van der Waals surface area contributed by atoms with Crippen molar-refractivity contribution in [2.45, 2.75) is 70.4 Å². The van der Waals surface area contributed by atoms with Crippen LogP contribution in [0.3, 0.4) is 0 Å². The van der Waals surface area contributed by atoms with Crippen molar-refractivity contribution in [3.63, 3.8) is 0 Å². The number of rotatable bonds is 9. The van der Waals surface area contributed by atoms with Gasteiger partial charge in [0.25, 0.3) is 0 Å². The lowest BCUT2D eigenvalue weighted by molar-refractivity contribution is -0.140. The van der Waals surface area contributed by atoms with Gasteiger partial charge in [-0.25, -0.2) is 0 Å². The van der Waals surface area contributed by atoms with E-state index in [1.54, 1.807) is 6.08 Å². The van der Waals surface area contributed by atoms with E-state index in [0.29, 0.717) is 12.8 Å². The van der Waals surface area contributed by atoms with E-state index in [0.717, 1.165) is 45.1 Å². The van der Waals surface area contributed by atoms with E-state index in [-0.39, 0.29) is 17.9 Å². The summed E-state index contributed by atoms with van der Waals surface area (Å²) in [5, 5.41) is 9.73. The van der Waals surface area contributed by atoms with Crippen molar-refractivity contribution in [1.29, 1.82) is 0 Å². The average Bonchev–Trinajstić information content (AvgIpc) is 2.93. The molecular formula is C19H29NO4. The molecule has 5 heteroatoms. The number of hydrogen-bond acceptors (Lipinski definition) is 4. The highest BCUT2D eigenvalue weighted by molar-refractivity contribution is 5.79. The summed E-state index contributed by atoms with van der Waals surface area (Å²) in [6, 6.07) is 0.0608. The van der Waals surface area contributed by atoms with Crippen LogP contribution in [0.25, 0.3) is 0 Å². The summed E-state index contributed by atoms with van der Waals surface area (Å²) < 4.78 is 4.61. The summed E-state index contributed by atoms with van der Waals surface area (Å²) in [4.78, 5) is 24.9. The lowest BCUT2D eigenvalue weighted by atomic mass is 10.1. The van der Waals surface area contributed by atoms with Crippen LogP contribution in [0.15, 0.2) is 12.2 Å². The van der Waals surface area contributed by atoms with Crippen LogP contribution in [-0.4, -0.2) is 47.7 Å². The molecule has 0 bridgehead atoms. The van der Waals surface area contributed by atoms with Crippen molar-refractivity contribution in [2.24, 2.45) is 0 Å². The SMILES string of the molecule is CCC#CC(O)/C=C/C1CCC(=O)N1CCCCCCC(=O)OC. The van der Waals surface area contributed by atoms with Gasteiger partial charge in [0.05, 0.1) is 13.2 Å². The first kappa shape index (κ1) is 20.2. The minimum Gasteiger partial charge on any atom is -0.469 e. The van der Waals surface area contributed by atoms with Crippen LogP contribution in [0.4, 0.5) is 0 Å². The summed E-state index contributed by atoms with van der Waals surface area (Å²) in [6.07, 6.45) is 9.05. The van der Waals surface area contributed by atoms with Crippen molar-refractivity contribution in [1.82, 2.24) is 4.90 Å². The number of hydrogen-bond donors (Lipinski definition) is 1. The highest BCUT2D eigenvalue weighted by atomic mass is 16.5. The second-order valence-electron chi connectivity index (χ2n) is 5.94. The molecule has 0 aromatic carbocycles. The topological polar surface area (TPSA) is 66.8 Å². The zero-order valence-corrected chi connectivity index (χ0v) is 14.8. The third-order valence-electron chi connectivity index (χ3n) is 4.07. The lowest BCUT2D eigenvalue weighted by Crippen LogP contribution is -2.32. The molecule has 0 radical (unpaired) electrons. The fourth-order valence-electron chi connectivity index (χ4n) is 2.74. The van der Waals surface area contributed by atoms with Gasteiger partial charge in [-0.1, -0.05) is 31.8 Å². The molecule has 0 aromatic heterocycles. The molecule has 1 N–H and O–H groups in total. The second kappa shape index (κ2) is 11.7. The molecule has 134 valence electrons. The largest absolute Gasteiger partial charge is 0.469 e. The summed E-state index contributed by atoms with van der Waals surface area (Å²) in [5.41, 5.74) is 0. The first-order valence-corrected chi connectivity index (χ1v) is 8.79. The summed E-state index contributed by atoms with van der Waals surface area (Å²) in [7, 11) is 1.40.